The minimum absolute atomic E-state index is 0.156. The molecule has 3 rings (SSSR count). The van der Waals surface area contributed by atoms with Gasteiger partial charge in [0, 0.05) is 18.0 Å². The second-order valence-electron chi connectivity index (χ2n) is 6.16. The van der Waals surface area contributed by atoms with E-state index in [1.54, 1.807) is 11.3 Å². The Kier molecular flexibility index (Phi) is 8.57. The number of carboxylic acids is 2. The van der Waals surface area contributed by atoms with E-state index >= 15 is 0 Å². The smallest absolute Gasteiger partial charge is 0.414 e. The van der Waals surface area contributed by atoms with Crippen LogP contribution in [0.4, 0.5) is 4.39 Å². The number of thiophene rings is 1. The Balaban J connectivity index is 0.000000438. The molecule has 0 aliphatic heterocycles. The minimum Gasteiger partial charge on any atom is -0.484 e. The van der Waals surface area contributed by atoms with E-state index in [1.807, 2.05) is 22.9 Å². The maximum atomic E-state index is 13.6. The molecule has 1 saturated carbocycles. The topological polar surface area (TPSA) is 120 Å². The van der Waals surface area contributed by atoms with Crippen LogP contribution in [0.1, 0.15) is 36.5 Å². The van der Waals surface area contributed by atoms with Gasteiger partial charge in [-0.15, -0.1) is 0 Å². The Hall–Kier alpha value is -2.48. The largest absolute Gasteiger partial charge is 0.484 e. The zero-order valence-electron chi connectivity index (χ0n) is 15.1. The summed E-state index contributed by atoms with van der Waals surface area (Å²) in [4.78, 5) is 18.2. The van der Waals surface area contributed by atoms with E-state index in [2.05, 4.69) is 21.2 Å². The van der Waals surface area contributed by atoms with E-state index in [0.717, 1.165) is 18.5 Å². The van der Waals surface area contributed by atoms with E-state index in [9.17, 15) is 9.65 Å². The summed E-state index contributed by atoms with van der Waals surface area (Å²) in [5.74, 6) is -3.70. The fourth-order valence-corrected chi connectivity index (χ4v) is 3.35. The zero-order valence-corrected chi connectivity index (χ0v) is 17.5. The fraction of sp³-hybridized carbons (Fsp3) is 0.316. The van der Waals surface area contributed by atoms with Crippen molar-refractivity contribution in [3.8, 4) is 11.8 Å². The molecule has 7 nitrogen and oxygen atoms in total. The van der Waals surface area contributed by atoms with Crippen LogP contribution in [0.15, 0.2) is 33.4 Å². The molecule has 0 unspecified atom stereocenters. The lowest BCUT2D eigenvalue weighted by Gasteiger charge is -2.20. The van der Waals surface area contributed by atoms with Crippen LogP contribution < -0.4 is 10.1 Å². The van der Waals surface area contributed by atoms with Crippen LogP contribution in [-0.2, 0) is 9.59 Å². The number of ether oxygens (including phenoxy) is 1. The van der Waals surface area contributed by atoms with Gasteiger partial charge in [0.05, 0.1) is 10.0 Å². The summed E-state index contributed by atoms with van der Waals surface area (Å²) in [6.45, 7) is 0.857. The van der Waals surface area contributed by atoms with Gasteiger partial charge in [0.2, 0.25) is 0 Å². The molecule has 3 N–H and O–H groups in total. The van der Waals surface area contributed by atoms with Crippen molar-refractivity contribution in [2.45, 2.75) is 31.4 Å². The van der Waals surface area contributed by atoms with Crippen molar-refractivity contribution in [2.75, 3.05) is 6.54 Å². The highest BCUT2D eigenvalue weighted by Gasteiger charge is 2.22. The first-order valence-corrected chi connectivity index (χ1v) is 10.3. The van der Waals surface area contributed by atoms with Gasteiger partial charge in [-0.05, 0) is 64.3 Å². The second kappa shape index (κ2) is 10.9. The molecule has 0 radical (unpaired) electrons. The van der Waals surface area contributed by atoms with Crippen LogP contribution in [0.25, 0.3) is 0 Å². The van der Waals surface area contributed by atoms with Gasteiger partial charge in [-0.3, -0.25) is 0 Å². The van der Waals surface area contributed by atoms with Gasteiger partial charge in [0.1, 0.15) is 23.7 Å². The van der Waals surface area contributed by atoms with Gasteiger partial charge in [-0.25, -0.2) is 14.0 Å². The molecule has 10 heteroatoms. The number of nitriles is 1. The molecule has 1 aromatic heterocycles. The van der Waals surface area contributed by atoms with Crippen LogP contribution in [-0.4, -0.2) is 34.7 Å². The number of benzene rings is 1. The molecule has 0 spiro atoms. The normalized spacial score (nSPS) is 13.6. The Labute approximate surface area is 178 Å². The van der Waals surface area contributed by atoms with Gasteiger partial charge in [0.15, 0.2) is 0 Å². The van der Waals surface area contributed by atoms with Gasteiger partial charge in [-0.2, -0.15) is 16.6 Å². The van der Waals surface area contributed by atoms with Gasteiger partial charge in [-0.1, -0.05) is 0 Å². The first-order valence-electron chi connectivity index (χ1n) is 8.59. The van der Waals surface area contributed by atoms with Crippen LogP contribution in [0.3, 0.4) is 0 Å². The standard InChI is InChI=1S/C17H16BrFN2OS.C2H2O4/c18-14-8-17(12(9-20)7-15(14)19)22-16(11-4-6-23-10-11)3-5-21-13-1-2-13;3-1(4)2(5)6/h4,6-8,10,13,16,21H,1-3,5H2;(H,3,4)(H,5,6)/t16-;/m1./s1. The van der Waals surface area contributed by atoms with Crippen molar-refractivity contribution in [3.63, 3.8) is 0 Å². The second-order valence-corrected chi connectivity index (χ2v) is 7.80. The van der Waals surface area contributed by atoms with E-state index in [4.69, 9.17) is 24.5 Å². The fourth-order valence-electron chi connectivity index (χ4n) is 2.32. The monoisotopic (exact) mass is 484 g/mol. The summed E-state index contributed by atoms with van der Waals surface area (Å²) in [6, 6.07) is 7.40. The van der Waals surface area contributed by atoms with Gasteiger partial charge in [0.25, 0.3) is 0 Å². The van der Waals surface area contributed by atoms with Crippen molar-refractivity contribution in [2.24, 2.45) is 0 Å². The number of halogens is 2. The average Bonchev–Trinajstić information content (AvgIpc) is 3.34. The predicted molar refractivity (Wildman–Crippen MR) is 107 cm³/mol. The molecule has 154 valence electrons. The molecule has 2 aromatic rings. The highest BCUT2D eigenvalue weighted by Crippen LogP contribution is 2.32. The van der Waals surface area contributed by atoms with E-state index < -0.39 is 17.8 Å². The lowest BCUT2D eigenvalue weighted by molar-refractivity contribution is -0.159. The zero-order chi connectivity index (χ0) is 21.4. The first-order chi connectivity index (χ1) is 13.8. The summed E-state index contributed by atoms with van der Waals surface area (Å²) >= 11 is 4.76. The number of hydrogen-bond acceptors (Lipinski definition) is 6. The van der Waals surface area contributed by atoms with Crippen LogP contribution >= 0.6 is 27.3 Å². The molecule has 1 aliphatic carbocycles. The molecule has 1 atom stereocenters. The van der Waals surface area contributed by atoms with Gasteiger partial charge >= 0.3 is 11.9 Å². The number of nitrogens with zero attached hydrogens (tertiary/aromatic N) is 1. The number of rotatable bonds is 7. The summed E-state index contributed by atoms with van der Waals surface area (Å²) in [5.41, 5.74) is 1.29. The van der Waals surface area contributed by atoms with E-state index in [0.29, 0.717) is 16.3 Å². The number of carboxylic acid groups (broad SMARTS) is 2. The van der Waals surface area contributed by atoms with Crippen LogP contribution in [0.2, 0.25) is 0 Å². The number of carbonyl (C=O) groups is 2. The van der Waals surface area contributed by atoms with Crippen LogP contribution in [0.5, 0.6) is 5.75 Å². The van der Waals surface area contributed by atoms with Crippen molar-refractivity contribution in [1.29, 1.82) is 5.26 Å². The van der Waals surface area contributed by atoms with E-state index in [1.165, 1.54) is 25.0 Å². The van der Waals surface area contributed by atoms with Crippen molar-refractivity contribution >= 4 is 39.2 Å². The quantitative estimate of drug-likeness (QED) is 0.509. The summed E-state index contributed by atoms with van der Waals surface area (Å²) < 4.78 is 20.0. The van der Waals surface area contributed by atoms with Crippen molar-refractivity contribution in [3.05, 3.63) is 50.4 Å². The maximum absolute atomic E-state index is 13.6. The molecule has 0 amide bonds. The third-order valence-corrected chi connectivity index (χ3v) is 5.24. The molecule has 29 heavy (non-hydrogen) atoms. The lowest BCUT2D eigenvalue weighted by atomic mass is 10.1. The van der Waals surface area contributed by atoms with Crippen LogP contribution in [0, 0.1) is 17.1 Å². The van der Waals surface area contributed by atoms with Crippen molar-refractivity contribution < 1.29 is 28.9 Å². The van der Waals surface area contributed by atoms with Crippen molar-refractivity contribution in [1.82, 2.24) is 5.32 Å². The third kappa shape index (κ3) is 7.45. The highest BCUT2D eigenvalue weighted by molar-refractivity contribution is 9.10. The summed E-state index contributed by atoms with van der Waals surface area (Å²) in [5, 5.41) is 31.5. The summed E-state index contributed by atoms with van der Waals surface area (Å²) in [6.07, 6.45) is 3.13. The third-order valence-electron chi connectivity index (χ3n) is 3.93. The molecule has 1 aromatic carbocycles. The summed E-state index contributed by atoms with van der Waals surface area (Å²) in [7, 11) is 0. The Morgan fingerprint density at radius 3 is 2.59 bits per heavy atom. The molecule has 0 saturated heterocycles. The molecular weight excluding hydrogens is 467 g/mol. The Morgan fingerprint density at radius 1 is 1.38 bits per heavy atom. The predicted octanol–water partition coefficient (Wildman–Crippen LogP) is 3.94. The maximum Gasteiger partial charge on any atom is 0.414 e. The molecule has 1 fully saturated rings. The SMILES string of the molecule is N#Cc1cc(F)c(Br)cc1O[C@H](CCNC1CC1)c1ccsc1.O=C(O)C(=O)O. The lowest BCUT2D eigenvalue weighted by Crippen LogP contribution is -2.21. The minimum atomic E-state index is -1.82. The van der Waals surface area contributed by atoms with Gasteiger partial charge < -0.3 is 20.3 Å². The first kappa shape index (κ1) is 22.8. The van der Waals surface area contributed by atoms with E-state index in [-0.39, 0.29) is 11.7 Å². The average molecular weight is 485 g/mol. The number of hydrogen-bond donors (Lipinski definition) is 3. The molecular formula is C19H18BrFN2O5S. The molecule has 1 heterocycles. The highest BCUT2D eigenvalue weighted by atomic mass is 79.9. The number of aliphatic carboxylic acids is 2. The number of nitrogens with one attached hydrogen (secondary N) is 1. The Bertz CT molecular complexity index is 885. The molecule has 1 aliphatic rings. The molecule has 0 bridgehead atoms. The Morgan fingerprint density at radius 2 is 2.07 bits per heavy atom.